The van der Waals surface area contributed by atoms with Crippen molar-refractivity contribution in [2.24, 2.45) is 0 Å². The number of nitrogens with zero attached hydrogens (tertiary/aromatic N) is 2. The van der Waals surface area contributed by atoms with Crippen LogP contribution in [0.3, 0.4) is 0 Å². The first-order chi connectivity index (χ1) is 9.12. The molecule has 2 rings (SSSR count). The molecule has 3 atom stereocenters. The predicted octanol–water partition coefficient (Wildman–Crippen LogP) is -0.874. The standard InChI is InChI=1S/C11H16N2O6/c1-17-8(15)4-13-9-6(3-12-13)11(18-2)19-7(5-14)10(9)16/h3,7,10-11,14,16H,4-5H2,1-2H3/t7-,10-,11+/m1/s1. The van der Waals surface area contributed by atoms with Crippen LogP contribution in [0, 0.1) is 0 Å². The summed E-state index contributed by atoms with van der Waals surface area (Å²) >= 11 is 0. The zero-order valence-corrected chi connectivity index (χ0v) is 10.6. The van der Waals surface area contributed by atoms with Gasteiger partial charge in [-0.25, -0.2) is 0 Å². The van der Waals surface area contributed by atoms with Crippen molar-refractivity contribution < 1.29 is 29.2 Å². The minimum Gasteiger partial charge on any atom is -0.468 e. The molecule has 0 bridgehead atoms. The SMILES string of the molecule is COC(=O)Cn1ncc2c1[C@H](O)[C@@H](CO)O[C@@H]2OC. The zero-order chi connectivity index (χ0) is 14.0. The van der Waals surface area contributed by atoms with Gasteiger partial charge in [0.1, 0.15) is 18.8 Å². The molecular formula is C11H16N2O6. The molecular weight excluding hydrogens is 256 g/mol. The molecule has 1 aromatic rings. The molecule has 1 aromatic heterocycles. The highest BCUT2D eigenvalue weighted by Crippen LogP contribution is 2.36. The van der Waals surface area contributed by atoms with Gasteiger partial charge in [0.05, 0.1) is 31.2 Å². The van der Waals surface area contributed by atoms with Gasteiger partial charge in [-0.15, -0.1) is 0 Å². The van der Waals surface area contributed by atoms with Crippen LogP contribution in [0.5, 0.6) is 0 Å². The lowest BCUT2D eigenvalue weighted by atomic mass is 10.0. The summed E-state index contributed by atoms with van der Waals surface area (Å²) in [4.78, 5) is 11.3. The van der Waals surface area contributed by atoms with Crippen LogP contribution in [0.1, 0.15) is 23.7 Å². The summed E-state index contributed by atoms with van der Waals surface area (Å²) in [5.41, 5.74) is 0.922. The van der Waals surface area contributed by atoms with Crippen LogP contribution in [0.25, 0.3) is 0 Å². The lowest BCUT2D eigenvalue weighted by molar-refractivity contribution is -0.209. The molecule has 8 heteroatoms. The zero-order valence-electron chi connectivity index (χ0n) is 10.6. The van der Waals surface area contributed by atoms with Crippen molar-refractivity contribution in [1.82, 2.24) is 9.78 Å². The molecule has 8 nitrogen and oxygen atoms in total. The quantitative estimate of drug-likeness (QED) is 0.686. The van der Waals surface area contributed by atoms with Gasteiger partial charge in [0, 0.05) is 7.11 Å². The van der Waals surface area contributed by atoms with Crippen molar-refractivity contribution in [3.8, 4) is 0 Å². The Morgan fingerprint density at radius 1 is 1.58 bits per heavy atom. The molecule has 0 unspecified atom stereocenters. The van der Waals surface area contributed by atoms with Gasteiger partial charge in [0.25, 0.3) is 0 Å². The molecule has 19 heavy (non-hydrogen) atoms. The lowest BCUT2D eigenvalue weighted by Gasteiger charge is -2.32. The summed E-state index contributed by atoms with van der Waals surface area (Å²) in [6.07, 6.45) is -1.19. The van der Waals surface area contributed by atoms with E-state index in [9.17, 15) is 15.0 Å². The average molecular weight is 272 g/mol. The van der Waals surface area contributed by atoms with Crippen molar-refractivity contribution in [2.45, 2.75) is 25.0 Å². The number of aliphatic hydroxyl groups is 2. The molecule has 0 aromatic carbocycles. The summed E-state index contributed by atoms with van der Waals surface area (Å²) in [6, 6.07) is 0. The molecule has 2 heterocycles. The number of carbonyl (C=O) groups is 1. The van der Waals surface area contributed by atoms with E-state index in [4.69, 9.17) is 9.47 Å². The molecule has 2 N–H and O–H groups in total. The van der Waals surface area contributed by atoms with Crippen molar-refractivity contribution >= 4 is 5.97 Å². The van der Waals surface area contributed by atoms with Gasteiger partial charge in [0.2, 0.25) is 0 Å². The molecule has 0 fully saturated rings. The molecule has 0 saturated heterocycles. The maximum Gasteiger partial charge on any atom is 0.327 e. The van der Waals surface area contributed by atoms with E-state index >= 15 is 0 Å². The van der Waals surface area contributed by atoms with Gasteiger partial charge in [-0.2, -0.15) is 5.10 Å². The fourth-order valence-electron chi connectivity index (χ4n) is 2.04. The fraction of sp³-hybridized carbons (Fsp3) is 0.636. The molecule has 0 spiro atoms. The Kier molecular flexibility index (Phi) is 4.15. The van der Waals surface area contributed by atoms with Crippen LogP contribution in [-0.4, -0.2) is 52.9 Å². The van der Waals surface area contributed by atoms with Crippen LogP contribution < -0.4 is 0 Å². The van der Waals surface area contributed by atoms with E-state index in [1.54, 1.807) is 0 Å². The summed E-state index contributed by atoms with van der Waals surface area (Å²) in [5.74, 6) is -0.487. The van der Waals surface area contributed by atoms with Gasteiger partial charge in [-0.3, -0.25) is 9.48 Å². The third kappa shape index (κ3) is 2.47. The minimum atomic E-state index is -1.08. The average Bonchev–Trinajstić information content (AvgIpc) is 2.83. The van der Waals surface area contributed by atoms with E-state index in [1.165, 1.54) is 25.1 Å². The van der Waals surface area contributed by atoms with Crippen LogP contribution in [0.15, 0.2) is 6.20 Å². The van der Waals surface area contributed by atoms with Crippen molar-refractivity contribution in [2.75, 3.05) is 20.8 Å². The second-order valence-corrected chi connectivity index (χ2v) is 4.09. The number of aliphatic hydroxyl groups excluding tert-OH is 2. The predicted molar refractivity (Wildman–Crippen MR) is 60.9 cm³/mol. The molecule has 0 radical (unpaired) electrons. The molecule has 0 aliphatic carbocycles. The van der Waals surface area contributed by atoms with Crippen LogP contribution in [0.2, 0.25) is 0 Å². The van der Waals surface area contributed by atoms with Gasteiger partial charge < -0.3 is 24.4 Å². The van der Waals surface area contributed by atoms with E-state index in [2.05, 4.69) is 9.84 Å². The van der Waals surface area contributed by atoms with E-state index < -0.39 is 24.5 Å². The topological polar surface area (TPSA) is 103 Å². The third-order valence-electron chi connectivity index (χ3n) is 3.00. The Morgan fingerprint density at radius 3 is 2.89 bits per heavy atom. The number of fused-ring (bicyclic) bond motifs is 1. The van der Waals surface area contributed by atoms with Crippen molar-refractivity contribution in [1.29, 1.82) is 0 Å². The molecule has 106 valence electrons. The highest BCUT2D eigenvalue weighted by molar-refractivity contribution is 5.69. The summed E-state index contributed by atoms with van der Waals surface area (Å²) in [7, 11) is 2.71. The second kappa shape index (κ2) is 5.66. The monoisotopic (exact) mass is 272 g/mol. The normalized spacial score (nSPS) is 26.0. The first-order valence-electron chi connectivity index (χ1n) is 5.72. The van der Waals surface area contributed by atoms with Crippen LogP contribution in [-0.2, 0) is 25.5 Å². The maximum absolute atomic E-state index is 11.3. The van der Waals surface area contributed by atoms with E-state index in [0.29, 0.717) is 11.3 Å². The molecule has 0 saturated carbocycles. The van der Waals surface area contributed by atoms with Gasteiger partial charge in [-0.1, -0.05) is 0 Å². The van der Waals surface area contributed by atoms with E-state index in [0.717, 1.165) is 0 Å². The Morgan fingerprint density at radius 2 is 2.32 bits per heavy atom. The van der Waals surface area contributed by atoms with Gasteiger partial charge in [-0.05, 0) is 0 Å². The number of carbonyl (C=O) groups excluding carboxylic acids is 1. The van der Waals surface area contributed by atoms with E-state index in [-0.39, 0.29) is 13.2 Å². The number of rotatable bonds is 4. The second-order valence-electron chi connectivity index (χ2n) is 4.09. The first kappa shape index (κ1) is 13.9. The molecule has 1 aliphatic heterocycles. The number of ether oxygens (including phenoxy) is 3. The Hall–Kier alpha value is -1.48. The largest absolute Gasteiger partial charge is 0.468 e. The van der Waals surface area contributed by atoms with Gasteiger partial charge >= 0.3 is 5.97 Å². The van der Waals surface area contributed by atoms with Crippen molar-refractivity contribution in [3.63, 3.8) is 0 Å². The Bertz CT molecular complexity index is 460. The molecule has 0 amide bonds. The van der Waals surface area contributed by atoms with E-state index in [1.807, 2.05) is 0 Å². The maximum atomic E-state index is 11.3. The number of hydrogen-bond donors (Lipinski definition) is 2. The smallest absolute Gasteiger partial charge is 0.327 e. The Balaban J connectivity index is 2.36. The summed E-state index contributed by atoms with van der Waals surface area (Å²) in [5, 5.41) is 23.3. The number of hydrogen-bond acceptors (Lipinski definition) is 7. The highest BCUT2D eigenvalue weighted by atomic mass is 16.7. The molecule has 1 aliphatic rings. The number of methoxy groups -OCH3 is 2. The van der Waals surface area contributed by atoms with Crippen LogP contribution in [0.4, 0.5) is 0 Å². The third-order valence-corrected chi connectivity index (χ3v) is 3.00. The first-order valence-corrected chi connectivity index (χ1v) is 5.72. The fourth-order valence-corrected chi connectivity index (χ4v) is 2.04. The van der Waals surface area contributed by atoms with Gasteiger partial charge in [0.15, 0.2) is 6.29 Å². The van der Waals surface area contributed by atoms with Crippen LogP contribution >= 0.6 is 0 Å². The van der Waals surface area contributed by atoms with Crippen molar-refractivity contribution in [3.05, 3.63) is 17.5 Å². The number of esters is 1. The minimum absolute atomic E-state index is 0.128. The summed E-state index contributed by atoms with van der Waals surface area (Å²) < 4.78 is 16.4. The Labute approximate surface area is 109 Å². The summed E-state index contributed by atoms with van der Waals surface area (Å²) in [6.45, 7) is -0.499. The number of aromatic nitrogens is 2. The highest BCUT2D eigenvalue weighted by Gasteiger charge is 2.38. The lowest BCUT2D eigenvalue weighted by Crippen LogP contribution is -2.35.